The van der Waals surface area contributed by atoms with Gasteiger partial charge in [0.15, 0.2) is 0 Å². The fourth-order valence-corrected chi connectivity index (χ4v) is 1.74. The van der Waals surface area contributed by atoms with Gasteiger partial charge in [-0.25, -0.2) is 4.79 Å². The Morgan fingerprint density at radius 3 is 2.78 bits per heavy atom. The standard InChI is InChI=1S/C15H21NO2/c1-5-10-16(18-15(17)6-2)11-14-9-7-8-12(3)13(14)4/h6-9H,2,5,10-11H2,1,3-4H3. The van der Waals surface area contributed by atoms with Crippen LogP contribution in [0.5, 0.6) is 0 Å². The van der Waals surface area contributed by atoms with Crippen LogP contribution in [-0.4, -0.2) is 17.6 Å². The average molecular weight is 247 g/mol. The molecule has 0 spiro atoms. The number of carbonyl (C=O) groups is 1. The first-order valence-electron chi connectivity index (χ1n) is 6.22. The summed E-state index contributed by atoms with van der Waals surface area (Å²) in [4.78, 5) is 16.5. The molecule has 0 amide bonds. The van der Waals surface area contributed by atoms with E-state index in [1.807, 2.05) is 6.07 Å². The zero-order chi connectivity index (χ0) is 13.5. The monoisotopic (exact) mass is 247 g/mol. The van der Waals surface area contributed by atoms with Crippen LogP contribution in [0.25, 0.3) is 0 Å². The van der Waals surface area contributed by atoms with Crippen LogP contribution >= 0.6 is 0 Å². The van der Waals surface area contributed by atoms with Crippen LogP contribution in [0.2, 0.25) is 0 Å². The molecule has 0 bridgehead atoms. The maximum Gasteiger partial charge on any atom is 0.349 e. The second-order valence-corrected chi connectivity index (χ2v) is 4.34. The molecule has 0 atom stereocenters. The first-order valence-corrected chi connectivity index (χ1v) is 6.22. The van der Waals surface area contributed by atoms with Crippen LogP contribution < -0.4 is 0 Å². The molecule has 1 aromatic carbocycles. The summed E-state index contributed by atoms with van der Waals surface area (Å²) in [6.07, 6.45) is 2.11. The van der Waals surface area contributed by atoms with Crippen molar-refractivity contribution in [3.05, 3.63) is 47.5 Å². The van der Waals surface area contributed by atoms with Crippen molar-refractivity contribution in [3.63, 3.8) is 0 Å². The summed E-state index contributed by atoms with van der Waals surface area (Å²) in [5.41, 5.74) is 3.67. The number of benzene rings is 1. The molecule has 0 aliphatic rings. The number of hydrogen-bond donors (Lipinski definition) is 0. The van der Waals surface area contributed by atoms with Gasteiger partial charge in [-0.2, -0.15) is 0 Å². The summed E-state index contributed by atoms with van der Waals surface area (Å²) in [7, 11) is 0. The lowest BCUT2D eigenvalue weighted by atomic mass is 10.0. The highest BCUT2D eigenvalue weighted by Gasteiger charge is 2.11. The van der Waals surface area contributed by atoms with E-state index in [9.17, 15) is 4.79 Å². The van der Waals surface area contributed by atoms with Gasteiger partial charge < -0.3 is 4.84 Å². The van der Waals surface area contributed by atoms with Gasteiger partial charge in [-0.3, -0.25) is 0 Å². The molecule has 3 heteroatoms. The summed E-state index contributed by atoms with van der Waals surface area (Å²) >= 11 is 0. The van der Waals surface area contributed by atoms with E-state index in [0.717, 1.165) is 6.42 Å². The van der Waals surface area contributed by atoms with Gasteiger partial charge in [0.1, 0.15) is 0 Å². The Morgan fingerprint density at radius 2 is 2.17 bits per heavy atom. The molecular weight excluding hydrogens is 226 g/mol. The van der Waals surface area contributed by atoms with Gasteiger partial charge in [-0.05, 0) is 37.0 Å². The third kappa shape index (κ3) is 4.00. The first kappa shape index (κ1) is 14.5. The Kier molecular flexibility index (Phi) is 5.59. The second kappa shape index (κ2) is 6.97. The van der Waals surface area contributed by atoms with Crippen LogP contribution in [0.15, 0.2) is 30.9 Å². The lowest BCUT2D eigenvalue weighted by Gasteiger charge is -2.21. The minimum Gasteiger partial charge on any atom is -0.364 e. The van der Waals surface area contributed by atoms with Crippen LogP contribution in [0.3, 0.4) is 0 Å². The van der Waals surface area contributed by atoms with Crippen LogP contribution in [0.4, 0.5) is 0 Å². The zero-order valence-electron chi connectivity index (χ0n) is 11.4. The van der Waals surface area contributed by atoms with Crippen molar-refractivity contribution in [3.8, 4) is 0 Å². The van der Waals surface area contributed by atoms with E-state index in [2.05, 4.69) is 39.5 Å². The molecular formula is C15H21NO2. The van der Waals surface area contributed by atoms with Crippen molar-refractivity contribution in [2.24, 2.45) is 0 Å². The smallest absolute Gasteiger partial charge is 0.349 e. The van der Waals surface area contributed by atoms with Crippen LogP contribution in [0.1, 0.15) is 30.0 Å². The Morgan fingerprint density at radius 1 is 1.44 bits per heavy atom. The van der Waals surface area contributed by atoms with Gasteiger partial charge in [0.2, 0.25) is 0 Å². The molecule has 18 heavy (non-hydrogen) atoms. The van der Waals surface area contributed by atoms with E-state index in [-0.39, 0.29) is 0 Å². The molecule has 0 unspecified atom stereocenters. The van der Waals surface area contributed by atoms with Crippen LogP contribution in [-0.2, 0) is 16.2 Å². The molecule has 0 saturated carbocycles. The largest absolute Gasteiger partial charge is 0.364 e. The normalized spacial score (nSPS) is 10.4. The fraction of sp³-hybridized carbons (Fsp3) is 0.400. The minimum absolute atomic E-state index is 0.409. The van der Waals surface area contributed by atoms with Gasteiger partial charge in [0, 0.05) is 12.6 Å². The van der Waals surface area contributed by atoms with Crippen molar-refractivity contribution in [2.75, 3.05) is 6.54 Å². The van der Waals surface area contributed by atoms with Crippen LogP contribution in [0, 0.1) is 13.8 Å². The molecule has 0 radical (unpaired) electrons. The molecule has 0 heterocycles. The van der Waals surface area contributed by atoms with E-state index in [4.69, 9.17) is 4.84 Å². The van der Waals surface area contributed by atoms with Crippen molar-refractivity contribution in [2.45, 2.75) is 33.7 Å². The van der Waals surface area contributed by atoms with E-state index in [1.54, 1.807) is 5.06 Å². The molecule has 0 aliphatic heterocycles. The van der Waals surface area contributed by atoms with Gasteiger partial charge in [-0.15, -0.1) is 5.06 Å². The molecule has 1 rings (SSSR count). The lowest BCUT2D eigenvalue weighted by molar-refractivity contribution is -0.187. The molecule has 0 fully saturated rings. The molecule has 0 aromatic heterocycles. The quantitative estimate of drug-likeness (QED) is 0.571. The number of nitrogens with zero attached hydrogens (tertiary/aromatic N) is 1. The summed E-state index contributed by atoms with van der Waals surface area (Å²) in [6, 6.07) is 6.17. The van der Waals surface area contributed by atoms with E-state index in [0.29, 0.717) is 13.1 Å². The van der Waals surface area contributed by atoms with Crippen molar-refractivity contribution >= 4 is 5.97 Å². The summed E-state index contributed by atoms with van der Waals surface area (Å²) in [5.74, 6) is -0.409. The number of aryl methyl sites for hydroxylation is 1. The predicted molar refractivity (Wildman–Crippen MR) is 72.9 cm³/mol. The maximum atomic E-state index is 11.3. The summed E-state index contributed by atoms with van der Waals surface area (Å²) in [6.45, 7) is 11.0. The molecule has 0 N–H and O–H groups in total. The maximum absolute atomic E-state index is 11.3. The average Bonchev–Trinajstić information content (AvgIpc) is 2.35. The molecule has 0 aliphatic carbocycles. The highest BCUT2D eigenvalue weighted by molar-refractivity contribution is 5.80. The van der Waals surface area contributed by atoms with Gasteiger partial charge in [0.25, 0.3) is 0 Å². The van der Waals surface area contributed by atoms with Crippen molar-refractivity contribution in [1.29, 1.82) is 0 Å². The fourth-order valence-electron chi connectivity index (χ4n) is 1.74. The van der Waals surface area contributed by atoms with E-state index < -0.39 is 5.97 Å². The molecule has 3 nitrogen and oxygen atoms in total. The van der Waals surface area contributed by atoms with Gasteiger partial charge >= 0.3 is 5.97 Å². The second-order valence-electron chi connectivity index (χ2n) is 4.34. The van der Waals surface area contributed by atoms with Gasteiger partial charge in [0.05, 0.1) is 6.54 Å². The number of carbonyl (C=O) groups excluding carboxylic acids is 1. The predicted octanol–water partition coefficient (Wildman–Crippen LogP) is 3.16. The third-order valence-corrected chi connectivity index (χ3v) is 2.92. The van der Waals surface area contributed by atoms with Crippen molar-refractivity contribution < 1.29 is 9.63 Å². The SMILES string of the molecule is C=CC(=O)ON(CCC)Cc1cccc(C)c1C. The Hall–Kier alpha value is -1.61. The topological polar surface area (TPSA) is 29.5 Å². The minimum atomic E-state index is -0.409. The molecule has 1 aromatic rings. The molecule has 98 valence electrons. The third-order valence-electron chi connectivity index (χ3n) is 2.92. The summed E-state index contributed by atoms with van der Waals surface area (Å²) < 4.78 is 0. The zero-order valence-corrected chi connectivity index (χ0v) is 11.4. The van der Waals surface area contributed by atoms with E-state index in [1.165, 1.54) is 22.8 Å². The molecule has 0 saturated heterocycles. The van der Waals surface area contributed by atoms with Gasteiger partial charge in [-0.1, -0.05) is 31.7 Å². The number of hydrogen-bond acceptors (Lipinski definition) is 3. The number of hydroxylamine groups is 2. The Labute approximate surface area is 109 Å². The Balaban J connectivity index is 2.79. The number of rotatable bonds is 6. The van der Waals surface area contributed by atoms with E-state index >= 15 is 0 Å². The lowest BCUT2D eigenvalue weighted by Crippen LogP contribution is -2.27. The van der Waals surface area contributed by atoms with Crippen molar-refractivity contribution in [1.82, 2.24) is 5.06 Å². The highest BCUT2D eigenvalue weighted by atomic mass is 16.7. The Bertz CT molecular complexity index is 427. The highest BCUT2D eigenvalue weighted by Crippen LogP contribution is 2.15. The first-order chi connectivity index (χ1) is 8.58. The summed E-state index contributed by atoms with van der Waals surface area (Å²) in [5, 5.41) is 1.69.